The maximum absolute atomic E-state index is 13.1. The van der Waals surface area contributed by atoms with E-state index in [-0.39, 0.29) is 11.5 Å². The molecule has 5 rings (SSSR count). The van der Waals surface area contributed by atoms with Crippen LogP contribution in [0.3, 0.4) is 0 Å². The lowest BCUT2D eigenvalue weighted by molar-refractivity contribution is -0.141. The molecule has 216 valence electrons. The van der Waals surface area contributed by atoms with Crippen molar-refractivity contribution in [2.45, 2.75) is 20.0 Å². The lowest BCUT2D eigenvalue weighted by atomic mass is 9.98. The predicted octanol–water partition coefficient (Wildman–Crippen LogP) is 5.58. The number of ether oxygens (including phenoxy) is 1. The van der Waals surface area contributed by atoms with Crippen LogP contribution in [0.5, 0.6) is 0 Å². The molecule has 0 saturated carbocycles. The normalized spacial score (nSPS) is 13.5. The van der Waals surface area contributed by atoms with Crippen LogP contribution >= 0.6 is 0 Å². The van der Waals surface area contributed by atoms with E-state index in [9.17, 15) is 22.8 Å². The number of aromatic nitrogens is 3. The predicted molar refractivity (Wildman–Crippen MR) is 152 cm³/mol. The van der Waals surface area contributed by atoms with Crippen LogP contribution in [-0.4, -0.2) is 53.1 Å². The summed E-state index contributed by atoms with van der Waals surface area (Å²) in [6.07, 6.45) is -2.11. The number of aryl methyl sites for hydroxylation is 1. The summed E-state index contributed by atoms with van der Waals surface area (Å²) in [6, 6.07) is 14.6. The zero-order valence-electron chi connectivity index (χ0n) is 22.8. The van der Waals surface area contributed by atoms with Crippen molar-refractivity contribution in [1.82, 2.24) is 15.0 Å². The number of carbonyl (C=O) groups is 2. The average molecular weight is 577 g/mol. The van der Waals surface area contributed by atoms with Gasteiger partial charge in [0.2, 0.25) is 5.91 Å². The molecule has 9 nitrogen and oxygen atoms in total. The van der Waals surface area contributed by atoms with Crippen molar-refractivity contribution in [3.8, 4) is 22.4 Å². The van der Waals surface area contributed by atoms with Crippen LogP contribution in [0.15, 0.2) is 67.0 Å². The number of carbonyl (C=O) groups excluding carboxylic acids is 2. The standard InChI is InChI=1S/C30H27F3N6O3/c1-18-3-4-23(37-29(41)21-6-7-34-26(14-21)30(31,32)33)17-24(18)22-13-25(20-5-8-35-27(15-20)36-19(2)40)38-28(16-22)39-9-11-42-12-10-39/h3-8,13-17H,9-12H2,1-2H3,(H,37,41)(H,35,36,40). The first-order chi connectivity index (χ1) is 20.1. The molecule has 0 bridgehead atoms. The summed E-state index contributed by atoms with van der Waals surface area (Å²) in [5.41, 5.74) is 3.03. The minimum atomic E-state index is -4.66. The highest BCUT2D eigenvalue weighted by atomic mass is 19.4. The van der Waals surface area contributed by atoms with Crippen LogP contribution in [0.1, 0.15) is 28.5 Å². The van der Waals surface area contributed by atoms with Crippen molar-refractivity contribution in [2.24, 2.45) is 0 Å². The SMILES string of the molecule is CC(=O)Nc1cc(-c2cc(-c3cc(NC(=O)c4ccnc(C(F)(F)F)c4)ccc3C)cc(N3CCOCC3)n2)ccn1. The van der Waals surface area contributed by atoms with E-state index in [0.717, 1.165) is 40.3 Å². The van der Waals surface area contributed by atoms with Gasteiger partial charge in [0.15, 0.2) is 0 Å². The van der Waals surface area contributed by atoms with Crippen molar-refractivity contribution in [2.75, 3.05) is 41.8 Å². The molecule has 3 aromatic heterocycles. The Labute approximate surface area is 239 Å². The summed E-state index contributed by atoms with van der Waals surface area (Å²) < 4.78 is 44.8. The number of amides is 2. The second kappa shape index (κ2) is 12.0. The highest BCUT2D eigenvalue weighted by molar-refractivity contribution is 6.04. The third kappa shape index (κ3) is 6.72. The molecule has 0 aliphatic carbocycles. The van der Waals surface area contributed by atoms with Gasteiger partial charge in [0, 0.05) is 49.2 Å². The number of hydrogen-bond donors (Lipinski definition) is 2. The maximum Gasteiger partial charge on any atom is 0.433 e. The number of rotatable bonds is 6. The number of hydrogen-bond acceptors (Lipinski definition) is 7. The molecular formula is C30H27F3N6O3. The fourth-order valence-corrected chi connectivity index (χ4v) is 4.55. The van der Waals surface area contributed by atoms with Crippen LogP contribution in [0.2, 0.25) is 0 Å². The molecule has 0 unspecified atom stereocenters. The largest absolute Gasteiger partial charge is 0.433 e. The number of benzene rings is 1. The van der Waals surface area contributed by atoms with E-state index in [1.54, 1.807) is 30.5 Å². The average Bonchev–Trinajstić information content (AvgIpc) is 2.98. The summed E-state index contributed by atoms with van der Waals surface area (Å²) in [4.78, 5) is 39.0. The Hall–Kier alpha value is -4.84. The fraction of sp³-hybridized carbons (Fsp3) is 0.233. The molecular weight excluding hydrogens is 549 g/mol. The van der Waals surface area contributed by atoms with Crippen LogP contribution < -0.4 is 15.5 Å². The molecule has 1 aliphatic heterocycles. The van der Waals surface area contributed by atoms with Gasteiger partial charge in [-0.2, -0.15) is 13.2 Å². The number of morpholine rings is 1. The highest BCUT2D eigenvalue weighted by Crippen LogP contribution is 2.34. The molecule has 2 amide bonds. The molecule has 2 N–H and O–H groups in total. The van der Waals surface area contributed by atoms with Gasteiger partial charge >= 0.3 is 6.18 Å². The topological polar surface area (TPSA) is 109 Å². The van der Waals surface area contributed by atoms with Crippen molar-refractivity contribution in [3.05, 3.63) is 83.8 Å². The van der Waals surface area contributed by atoms with Crippen molar-refractivity contribution in [1.29, 1.82) is 0 Å². The van der Waals surface area contributed by atoms with E-state index in [1.807, 2.05) is 25.1 Å². The number of anilines is 3. The van der Waals surface area contributed by atoms with E-state index in [1.165, 1.54) is 13.0 Å². The fourth-order valence-electron chi connectivity index (χ4n) is 4.55. The van der Waals surface area contributed by atoms with Crippen LogP contribution in [-0.2, 0) is 15.7 Å². The minimum absolute atomic E-state index is 0.159. The molecule has 1 fully saturated rings. The van der Waals surface area contributed by atoms with E-state index >= 15 is 0 Å². The number of pyridine rings is 3. The Bertz CT molecular complexity index is 1640. The first-order valence-electron chi connectivity index (χ1n) is 13.1. The van der Waals surface area contributed by atoms with E-state index < -0.39 is 17.8 Å². The van der Waals surface area contributed by atoms with Gasteiger partial charge in [-0.3, -0.25) is 14.6 Å². The summed E-state index contributed by atoms with van der Waals surface area (Å²) in [7, 11) is 0. The monoisotopic (exact) mass is 576 g/mol. The summed E-state index contributed by atoms with van der Waals surface area (Å²) in [5, 5.41) is 5.39. The Morgan fingerprint density at radius 3 is 2.40 bits per heavy atom. The molecule has 1 saturated heterocycles. The Balaban J connectivity index is 1.52. The molecule has 4 aromatic rings. The third-order valence-electron chi connectivity index (χ3n) is 6.63. The lowest BCUT2D eigenvalue weighted by Crippen LogP contribution is -2.36. The Morgan fingerprint density at radius 2 is 1.67 bits per heavy atom. The van der Waals surface area contributed by atoms with E-state index in [2.05, 4.69) is 25.5 Å². The van der Waals surface area contributed by atoms with Crippen LogP contribution in [0.4, 0.5) is 30.5 Å². The van der Waals surface area contributed by atoms with Crippen molar-refractivity contribution >= 4 is 29.1 Å². The molecule has 12 heteroatoms. The van der Waals surface area contributed by atoms with E-state index in [0.29, 0.717) is 43.5 Å². The van der Waals surface area contributed by atoms with Crippen LogP contribution in [0.25, 0.3) is 22.4 Å². The number of alkyl halides is 3. The maximum atomic E-state index is 13.1. The zero-order valence-corrected chi connectivity index (χ0v) is 22.8. The number of halogens is 3. The van der Waals surface area contributed by atoms with E-state index in [4.69, 9.17) is 9.72 Å². The minimum Gasteiger partial charge on any atom is -0.378 e. The van der Waals surface area contributed by atoms with Gasteiger partial charge in [-0.05, 0) is 72.1 Å². The van der Waals surface area contributed by atoms with Gasteiger partial charge in [-0.25, -0.2) is 9.97 Å². The van der Waals surface area contributed by atoms with Crippen molar-refractivity contribution < 1.29 is 27.5 Å². The summed E-state index contributed by atoms with van der Waals surface area (Å²) in [5.74, 6) is 0.190. The molecule has 0 radical (unpaired) electrons. The van der Waals surface area contributed by atoms with Gasteiger partial charge < -0.3 is 20.3 Å². The quantitative estimate of drug-likeness (QED) is 0.308. The molecule has 0 spiro atoms. The first kappa shape index (κ1) is 28.7. The summed E-state index contributed by atoms with van der Waals surface area (Å²) in [6.45, 7) is 5.77. The second-order valence-corrected chi connectivity index (χ2v) is 9.72. The smallest absolute Gasteiger partial charge is 0.378 e. The van der Waals surface area contributed by atoms with Gasteiger partial charge in [0.25, 0.3) is 5.91 Å². The molecule has 0 atom stereocenters. The van der Waals surface area contributed by atoms with Gasteiger partial charge in [0.1, 0.15) is 17.3 Å². The zero-order chi connectivity index (χ0) is 29.9. The molecule has 1 aromatic carbocycles. The first-order valence-corrected chi connectivity index (χ1v) is 13.1. The van der Waals surface area contributed by atoms with Gasteiger partial charge in [0.05, 0.1) is 18.9 Å². The number of nitrogens with zero attached hydrogens (tertiary/aromatic N) is 4. The Kier molecular flexibility index (Phi) is 8.16. The Morgan fingerprint density at radius 1 is 0.905 bits per heavy atom. The molecule has 1 aliphatic rings. The van der Waals surface area contributed by atoms with Gasteiger partial charge in [-0.1, -0.05) is 6.07 Å². The second-order valence-electron chi connectivity index (χ2n) is 9.72. The molecule has 42 heavy (non-hydrogen) atoms. The highest BCUT2D eigenvalue weighted by Gasteiger charge is 2.33. The summed E-state index contributed by atoms with van der Waals surface area (Å²) >= 11 is 0. The lowest BCUT2D eigenvalue weighted by Gasteiger charge is -2.28. The molecule has 4 heterocycles. The van der Waals surface area contributed by atoms with Gasteiger partial charge in [-0.15, -0.1) is 0 Å². The van der Waals surface area contributed by atoms with Crippen molar-refractivity contribution in [3.63, 3.8) is 0 Å². The third-order valence-corrected chi connectivity index (χ3v) is 6.63. The van der Waals surface area contributed by atoms with Crippen LogP contribution in [0, 0.1) is 6.92 Å². The number of nitrogens with one attached hydrogen (secondary N) is 2.